The van der Waals surface area contributed by atoms with E-state index in [1.807, 2.05) is 0 Å². The van der Waals surface area contributed by atoms with Crippen LogP contribution in [-0.2, 0) is 4.74 Å². The van der Waals surface area contributed by atoms with Gasteiger partial charge in [0.25, 0.3) is 0 Å². The summed E-state index contributed by atoms with van der Waals surface area (Å²) in [4.78, 5) is 0. The standard InChI is InChI=1S/C12H23ClO/c1-2-14-10-6-9-12(11-13)7-4-3-5-8-12/h2-11H2,1H3. The van der Waals surface area contributed by atoms with Crippen LogP contribution in [0.4, 0.5) is 0 Å². The van der Waals surface area contributed by atoms with E-state index in [4.69, 9.17) is 16.3 Å². The van der Waals surface area contributed by atoms with Gasteiger partial charge in [0.2, 0.25) is 0 Å². The summed E-state index contributed by atoms with van der Waals surface area (Å²) < 4.78 is 5.37. The Labute approximate surface area is 93.2 Å². The zero-order valence-corrected chi connectivity index (χ0v) is 10.1. The molecule has 0 aliphatic heterocycles. The van der Waals surface area contributed by atoms with Crippen LogP contribution in [0.2, 0.25) is 0 Å². The van der Waals surface area contributed by atoms with Crippen molar-refractivity contribution in [3.63, 3.8) is 0 Å². The third-order valence-electron chi connectivity index (χ3n) is 3.40. The van der Waals surface area contributed by atoms with Gasteiger partial charge in [-0.1, -0.05) is 19.3 Å². The molecule has 1 aliphatic rings. The fraction of sp³-hybridized carbons (Fsp3) is 1.00. The van der Waals surface area contributed by atoms with Crippen LogP contribution in [0.5, 0.6) is 0 Å². The molecule has 1 nitrogen and oxygen atoms in total. The van der Waals surface area contributed by atoms with E-state index < -0.39 is 0 Å². The maximum Gasteiger partial charge on any atom is 0.0466 e. The SMILES string of the molecule is CCOCCCC1(CCl)CCCCC1. The van der Waals surface area contributed by atoms with Gasteiger partial charge in [0, 0.05) is 19.1 Å². The van der Waals surface area contributed by atoms with Crippen LogP contribution in [0, 0.1) is 5.41 Å². The van der Waals surface area contributed by atoms with E-state index in [-0.39, 0.29) is 0 Å². The van der Waals surface area contributed by atoms with Crippen LogP contribution in [0.3, 0.4) is 0 Å². The Morgan fingerprint density at radius 1 is 1.21 bits per heavy atom. The predicted octanol–water partition coefficient (Wildman–Crippen LogP) is 3.99. The van der Waals surface area contributed by atoms with Gasteiger partial charge in [-0.25, -0.2) is 0 Å². The summed E-state index contributed by atoms with van der Waals surface area (Å²) in [6, 6.07) is 0. The lowest BCUT2D eigenvalue weighted by Crippen LogP contribution is -2.26. The lowest BCUT2D eigenvalue weighted by Gasteiger charge is -2.35. The summed E-state index contributed by atoms with van der Waals surface area (Å²) in [5.74, 6) is 0.846. The molecule has 0 spiro atoms. The quantitative estimate of drug-likeness (QED) is 0.484. The lowest BCUT2D eigenvalue weighted by molar-refractivity contribution is 0.119. The van der Waals surface area contributed by atoms with E-state index in [0.29, 0.717) is 5.41 Å². The van der Waals surface area contributed by atoms with Crippen molar-refractivity contribution >= 4 is 11.6 Å². The van der Waals surface area contributed by atoms with Crippen molar-refractivity contribution in [1.82, 2.24) is 0 Å². The molecule has 0 aromatic heterocycles. The molecule has 1 fully saturated rings. The molecule has 84 valence electrons. The first kappa shape index (κ1) is 12.3. The van der Waals surface area contributed by atoms with Gasteiger partial charge >= 0.3 is 0 Å². The highest BCUT2D eigenvalue weighted by Gasteiger charge is 2.30. The van der Waals surface area contributed by atoms with Crippen molar-refractivity contribution in [3.05, 3.63) is 0 Å². The zero-order valence-electron chi connectivity index (χ0n) is 9.36. The highest BCUT2D eigenvalue weighted by Crippen LogP contribution is 2.41. The van der Waals surface area contributed by atoms with Gasteiger partial charge in [0.05, 0.1) is 0 Å². The van der Waals surface area contributed by atoms with Gasteiger partial charge in [-0.3, -0.25) is 0 Å². The lowest BCUT2D eigenvalue weighted by atomic mass is 9.73. The Morgan fingerprint density at radius 3 is 2.50 bits per heavy atom. The fourth-order valence-corrected chi connectivity index (χ4v) is 2.85. The second-order valence-electron chi connectivity index (χ2n) is 4.49. The van der Waals surface area contributed by atoms with Crippen molar-refractivity contribution in [2.75, 3.05) is 19.1 Å². The predicted molar refractivity (Wildman–Crippen MR) is 62.0 cm³/mol. The van der Waals surface area contributed by atoms with Gasteiger partial charge in [0.15, 0.2) is 0 Å². The average Bonchev–Trinajstić information content (AvgIpc) is 2.26. The van der Waals surface area contributed by atoms with Crippen LogP contribution < -0.4 is 0 Å². The largest absolute Gasteiger partial charge is 0.382 e. The summed E-state index contributed by atoms with van der Waals surface area (Å²) in [6.07, 6.45) is 9.27. The molecule has 1 saturated carbocycles. The molecular weight excluding hydrogens is 196 g/mol. The number of halogens is 1. The van der Waals surface area contributed by atoms with E-state index >= 15 is 0 Å². The number of alkyl halides is 1. The third kappa shape index (κ3) is 3.78. The second kappa shape index (κ2) is 6.68. The molecule has 1 rings (SSSR count). The molecule has 0 aromatic carbocycles. The fourth-order valence-electron chi connectivity index (χ4n) is 2.45. The first-order valence-electron chi connectivity index (χ1n) is 5.97. The summed E-state index contributed by atoms with van der Waals surface area (Å²) in [5.41, 5.74) is 0.455. The Hall–Kier alpha value is 0.250. The van der Waals surface area contributed by atoms with Gasteiger partial charge < -0.3 is 4.74 Å². The smallest absolute Gasteiger partial charge is 0.0466 e. The van der Waals surface area contributed by atoms with Crippen molar-refractivity contribution in [3.8, 4) is 0 Å². The molecule has 0 saturated heterocycles. The van der Waals surface area contributed by atoms with E-state index in [1.54, 1.807) is 0 Å². The molecular formula is C12H23ClO. The maximum atomic E-state index is 6.11. The molecule has 0 unspecified atom stereocenters. The molecule has 0 aromatic rings. The van der Waals surface area contributed by atoms with Gasteiger partial charge in [-0.2, -0.15) is 0 Å². The normalized spacial score (nSPS) is 21.0. The molecule has 14 heavy (non-hydrogen) atoms. The van der Waals surface area contributed by atoms with Gasteiger partial charge in [-0.15, -0.1) is 11.6 Å². The minimum Gasteiger partial charge on any atom is -0.382 e. The van der Waals surface area contributed by atoms with E-state index in [0.717, 1.165) is 19.1 Å². The number of rotatable bonds is 6. The van der Waals surface area contributed by atoms with Crippen molar-refractivity contribution in [1.29, 1.82) is 0 Å². The summed E-state index contributed by atoms with van der Waals surface area (Å²) >= 11 is 6.11. The summed E-state index contributed by atoms with van der Waals surface area (Å²) in [6.45, 7) is 3.81. The molecule has 0 radical (unpaired) electrons. The van der Waals surface area contributed by atoms with Crippen LogP contribution in [-0.4, -0.2) is 19.1 Å². The minimum absolute atomic E-state index is 0.455. The topological polar surface area (TPSA) is 9.23 Å². The molecule has 2 heteroatoms. The van der Waals surface area contributed by atoms with Crippen LogP contribution in [0.1, 0.15) is 51.9 Å². The van der Waals surface area contributed by atoms with Gasteiger partial charge in [0.1, 0.15) is 0 Å². The number of hydrogen-bond acceptors (Lipinski definition) is 1. The molecule has 0 atom stereocenters. The van der Waals surface area contributed by atoms with Crippen LogP contribution in [0.25, 0.3) is 0 Å². The second-order valence-corrected chi connectivity index (χ2v) is 4.76. The third-order valence-corrected chi connectivity index (χ3v) is 3.96. The first-order valence-corrected chi connectivity index (χ1v) is 6.50. The van der Waals surface area contributed by atoms with Crippen molar-refractivity contribution in [2.24, 2.45) is 5.41 Å². The highest BCUT2D eigenvalue weighted by molar-refractivity contribution is 6.18. The first-order chi connectivity index (χ1) is 6.83. The Balaban J connectivity index is 2.22. The van der Waals surface area contributed by atoms with Crippen molar-refractivity contribution in [2.45, 2.75) is 51.9 Å². The minimum atomic E-state index is 0.455. The highest BCUT2D eigenvalue weighted by atomic mass is 35.5. The molecule has 0 bridgehead atoms. The molecule has 0 amide bonds. The maximum absolute atomic E-state index is 6.11. The molecule has 0 N–H and O–H groups in total. The number of ether oxygens (including phenoxy) is 1. The zero-order chi connectivity index (χ0) is 10.3. The van der Waals surface area contributed by atoms with E-state index in [9.17, 15) is 0 Å². The van der Waals surface area contributed by atoms with Crippen LogP contribution in [0.15, 0.2) is 0 Å². The van der Waals surface area contributed by atoms with Crippen molar-refractivity contribution < 1.29 is 4.74 Å². The molecule has 0 heterocycles. The summed E-state index contributed by atoms with van der Waals surface area (Å²) in [5, 5.41) is 0. The Bertz CT molecular complexity index is 141. The Kier molecular flexibility index (Phi) is 5.88. The van der Waals surface area contributed by atoms with Gasteiger partial charge in [-0.05, 0) is 38.0 Å². The van der Waals surface area contributed by atoms with E-state index in [2.05, 4.69) is 6.92 Å². The summed E-state index contributed by atoms with van der Waals surface area (Å²) in [7, 11) is 0. The molecule has 1 aliphatic carbocycles. The van der Waals surface area contributed by atoms with E-state index in [1.165, 1.54) is 44.9 Å². The van der Waals surface area contributed by atoms with Crippen LogP contribution >= 0.6 is 11.6 Å². The Morgan fingerprint density at radius 2 is 1.93 bits per heavy atom. The number of hydrogen-bond donors (Lipinski definition) is 0. The average molecular weight is 219 g/mol. The monoisotopic (exact) mass is 218 g/mol.